The van der Waals surface area contributed by atoms with E-state index in [2.05, 4.69) is 50.0 Å². The van der Waals surface area contributed by atoms with Crippen LogP contribution >= 0.6 is 0 Å². The fourth-order valence-electron chi connectivity index (χ4n) is 3.35. The summed E-state index contributed by atoms with van der Waals surface area (Å²) in [4.78, 5) is 16.6. The van der Waals surface area contributed by atoms with Gasteiger partial charge < -0.3 is 4.90 Å². The summed E-state index contributed by atoms with van der Waals surface area (Å²) < 4.78 is 0. The van der Waals surface area contributed by atoms with Crippen molar-refractivity contribution < 1.29 is 4.79 Å². The number of unbranched alkanes of at least 4 members (excludes halogenated alkanes) is 1. The van der Waals surface area contributed by atoms with Crippen LogP contribution in [0.1, 0.15) is 52.9 Å². The molecule has 1 heterocycles. The van der Waals surface area contributed by atoms with E-state index in [4.69, 9.17) is 0 Å². The summed E-state index contributed by atoms with van der Waals surface area (Å²) in [7, 11) is 0. The normalized spacial score (nSPS) is 21.7. The van der Waals surface area contributed by atoms with Gasteiger partial charge in [-0.3, -0.25) is 9.69 Å². The molecule has 23 heavy (non-hydrogen) atoms. The maximum Gasteiger partial charge on any atom is 0.227 e. The second-order valence-electron chi connectivity index (χ2n) is 6.95. The van der Waals surface area contributed by atoms with Gasteiger partial charge >= 0.3 is 0 Å². The van der Waals surface area contributed by atoms with E-state index in [1.165, 1.54) is 31.4 Å². The number of nitrogens with zero attached hydrogens (tertiary/aromatic N) is 2. The van der Waals surface area contributed by atoms with Gasteiger partial charge in [-0.05, 0) is 43.5 Å². The fourth-order valence-corrected chi connectivity index (χ4v) is 3.35. The van der Waals surface area contributed by atoms with Crippen LogP contribution < -0.4 is 0 Å². The number of likely N-dealkylation sites (tertiary alicyclic amines) is 1. The number of hydrogen-bond acceptors (Lipinski definition) is 2. The fraction of sp³-hybridized carbons (Fsp3) is 0.650. The molecule has 1 saturated heterocycles. The topological polar surface area (TPSA) is 23.6 Å². The first-order chi connectivity index (χ1) is 11.1. The van der Waals surface area contributed by atoms with E-state index in [-0.39, 0.29) is 5.91 Å². The number of allylic oxidation sites excluding steroid dienone is 3. The van der Waals surface area contributed by atoms with E-state index in [9.17, 15) is 4.79 Å². The standard InChI is InChI=1S/C20H32N2O/c1-4-6-13-21(12-5-2)16-18-8-7-9-19(11-10-18)22-15-17(3)14-20(22)23/h7-8,10-11,17H,4-6,9,12-16H2,1-3H3. The van der Waals surface area contributed by atoms with E-state index in [1.807, 2.05) is 4.90 Å². The molecule has 1 aliphatic carbocycles. The molecule has 1 fully saturated rings. The van der Waals surface area contributed by atoms with Crippen molar-refractivity contribution in [3.8, 4) is 0 Å². The van der Waals surface area contributed by atoms with Crippen LogP contribution in [-0.2, 0) is 4.79 Å². The summed E-state index contributed by atoms with van der Waals surface area (Å²) in [5.74, 6) is 0.762. The van der Waals surface area contributed by atoms with Crippen LogP contribution in [-0.4, -0.2) is 41.9 Å². The highest BCUT2D eigenvalue weighted by Crippen LogP contribution is 2.25. The second kappa shape index (κ2) is 9.07. The number of rotatable bonds is 8. The lowest BCUT2D eigenvalue weighted by Gasteiger charge is -2.21. The van der Waals surface area contributed by atoms with Crippen LogP contribution in [0.3, 0.4) is 0 Å². The Bertz CT molecular complexity index is 490. The molecule has 1 amide bonds. The minimum Gasteiger partial charge on any atom is -0.316 e. The lowest BCUT2D eigenvalue weighted by molar-refractivity contribution is -0.126. The summed E-state index contributed by atoms with van der Waals surface area (Å²) in [6, 6.07) is 0. The molecule has 0 aromatic heterocycles. The molecule has 2 aliphatic rings. The van der Waals surface area contributed by atoms with Gasteiger partial charge in [0.1, 0.15) is 0 Å². The predicted molar refractivity (Wildman–Crippen MR) is 97.1 cm³/mol. The molecule has 0 bridgehead atoms. The first-order valence-electron chi connectivity index (χ1n) is 9.23. The molecule has 1 unspecified atom stereocenters. The van der Waals surface area contributed by atoms with Gasteiger partial charge in [0.2, 0.25) is 5.91 Å². The molecule has 0 saturated carbocycles. The van der Waals surface area contributed by atoms with Crippen LogP contribution in [0.15, 0.2) is 35.6 Å². The molecule has 0 spiro atoms. The lowest BCUT2D eigenvalue weighted by atomic mass is 10.2. The van der Waals surface area contributed by atoms with E-state index in [0.717, 1.165) is 31.8 Å². The van der Waals surface area contributed by atoms with Gasteiger partial charge in [-0.25, -0.2) is 0 Å². The van der Waals surface area contributed by atoms with Crippen molar-refractivity contribution in [2.75, 3.05) is 26.2 Å². The SMILES string of the molecule is CCCCN(CCC)CC1=CC=C(N2CC(C)CC2=O)CC=C1. The molecule has 0 N–H and O–H groups in total. The molecular weight excluding hydrogens is 284 g/mol. The maximum atomic E-state index is 12.1. The predicted octanol–water partition coefficient (Wildman–Crippen LogP) is 4.14. The molecular formula is C20H32N2O. The minimum absolute atomic E-state index is 0.282. The van der Waals surface area contributed by atoms with Crippen LogP contribution in [0.4, 0.5) is 0 Å². The molecule has 3 nitrogen and oxygen atoms in total. The number of carbonyl (C=O) groups is 1. The summed E-state index contributed by atoms with van der Waals surface area (Å²) in [6.07, 6.45) is 14.1. The summed E-state index contributed by atoms with van der Waals surface area (Å²) in [6.45, 7) is 10.9. The van der Waals surface area contributed by atoms with E-state index in [1.54, 1.807) is 0 Å². The molecule has 0 aromatic carbocycles. The molecule has 1 aliphatic heterocycles. The first kappa shape index (κ1) is 18.0. The average molecular weight is 316 g/mol. The van der Waals surface area contributed by atoms with Crippen molar-refractivity contribution in [3.05, 3.63) is 35.6 Å². The maximum absolute atomic E-state index is 12.1. The van der Waals surface area contributed by atoms with Crippen LogP contribution in [0, 0.1) is 5.92 Å². The van der Waals surface area contributed by atoms with Crippen LogP contribution in [0.2, 0.25) is 0 Å². The highest BCUT2D eigenvalue weighted by molar-refractivity contribution is 5.80. The first-order valence-corrected chi connectivity index (χ1v) is 9.23. The summed E-state index contributed by atoms with van der Waals surface area (Å²) >= 11 is 0. The second-order valence-corrected chi connectivity index (χ2v) is 6.95. The highest BCUT2D eigenvalue weighted by atomic mass is 16.2. The van der Waals surface area contributed by atoms with E-state index >= 15 is 0 Å². The van der Waals surface area contributed by atoms with Crippen molar-refractivity contribution in [3.63, 3.8) is 0 Å². The van der Waals surface area contributed by atoms with Crippen LogP contribution in [0.25, 0.3) is 0 Å². The molecule has 3 heteroatoms. The molecule has 1 atom stereocenters. The Balaban J connectivity index is 2.01. The lowest BCUT2D eigenvalue weighted by Crippen LogP contribution is -2.27. The summed E-state index contributed by atoms with van der Waals surface area (Å²) in [5, 5.41) is 0. The number of amides is 1. The van der Waals surface area contributed by atoms with Crippen LogP contribution in [0.5, 0.6) is 0 Å². The Hall–Kier alpha value is -1.35. The van der Waals surface area contributed by atoms with E-state index in [0.29, 0.717) is 12.3 Å². The van der Waals surface area contributed by atoms with Gasteiger partial charge in [0.05, 0.1) is 0 Å². The Labute approximate surface area is 141 Å². The zero-order valence-electron chi connectivity index (χ0n) is 15.1. The van der Waals surface area contributed by atoms with Crippen molar-refractivity contribution in [2.24, 2.45) is 5.92 Å². The third-order valence-electron chi connectivity index (χ3n) is 4.59. The Morgan fingerprint density at radius 3 is 2.70 bits per heavy atom. The zero-order chi connectivity index (χ0) is 16.7. The van der Waals surface area contributed by atoms with Gasteiger partial charge in [-0.1, -0.05) is 45.4 Å². The van der Waals surface area contributed by atoms with E-state index < -0.39 is 0 Å². The highest BCUT2D eigenvalue weighted by Gasteiger charge is 2.28. The van der Waals surface area contributed by atoms with Gasteiger partial charge in [0.15, 0.2) is 0 Å². The smallest absolute Gasteiger partial charge is 0.227 e. The molecule has 128 valence electrons. The third kappa shape index (κ3) is 5.35. The Morgan fingerprint density at radius 1 is 1.22 bits per heavy atom. The quantitative estimate of drug-likeness (QED) is 0.672. The zero-order valence-corrected chi connectivity index (χ0v) is 15.1. The molecule has 2 rings (SSSR count). The number of hydrogen-bond donors (Lipinski definition) is 0. The van der Waals surface area contributed by atoms with Gasteiger partial charge in [0.25, 0.3) is 0 Å². The molecule has 0 aromatic rings. The summed E-state index contributed by atoms with van der Waals surface area (Å²) in [5.41, 5.74) is 2.51. The number of carbonyl (C=O) groups excluding carboxylic acids is 1. The van der Waals surface area contributed by atoms with Crippen molar-refractivity contribution >= 4 is 5.91 Å². The molecule has 0 radical (unpaired) electrons. The van der Waals surface area contributed by atoms with Crippen molar-refractivity contribution in [2.45, 2.75) is 52.9 Å². The largest absolute Gasteiger partial charge is 0.316 e. The third-order valence-corrected chi connectivity index (χ3v) is 4.59. The Kier molecular flexibility index (Phi) is 7.10. The van der Waals surface area contributed by atoms with Gasteiger partial charge in [0, 0.05) is 31.6 Å². The monoisotopic (exact) mass is 316 g/mol. The van der Waals surface area contributed by atoms with Gasteiger partial charge in [-0.2, -0.15) is 0 Å². The van der Waals surface area contributed by atoms with Gasteiger partial charge in [-0.15, -0.1) is 0 Å². The Morgan fingerprint density at radius 2 is 2.04 bits per heavy atom. The van der Waals surface area contributed by atoms with Crippen molar-refractivity contribution in [1.29, 1.82) is 0 Å². The minimum atomic E-state index is 0.282. The van der Waals surface area contributed by atoms with Crippen molar-refractivity contribution in [1.82, 2.24) is 9.80 Å². The average Bonchev–Trinajstić information content (AvgIpc) is 2.73.